The first-order chi connectivity index (χ1) is 9.65. The van der Waals surface area contributed by atoms with Crippen LogP contribution < -0.4 is 11.5 Å². The van der Waals surface area contributed by atoms with Gasteiger partial charge in [0.1, 0.15) is 11.4 Å². The molecule has 0 spiro atoms. The van der Waals surface area contributed by atoms with Crippen molar-refractivity contribution in [2.24, 2.45) is 17.6 Å². The summed E-state index contributed by atoms with van der Waals surface area (Å²) in [7, 11) is 0. The highest BCUT2D eigenvalue weighted by Gasteiger charge is 2.43. The third-order valence-electron chi connectivity index (χ3n) is 4.39. The Morgan fingerprint density at radius 1 is 1.30 bits per heavy atom. The Morgan fingerprint density at radius 2 is 1.95 bits per heavy atom. The molecule has 2 fully saturated rings. The molecule has 0 radical (unpaired) electrons. The van der Waals surface area contributed by atoms with Crippen LogP contribution in [-0.2, 0) is 0 Å². The van der Waals surface area contributed by atoms with Crippen LogP contribution in [0.4, 0.5) is 5.82 Å². The van der Waals surface area contributed by atoms with E-state index < -0.39 is 5.91 Å². The summed E-state index contributed by atoms with van der Waals surface area (Å²) < 4.78 is 1.49. The van der Waals surface area contributed by atoms with Gasteiger partial charge in [-0.2, -0.15) is 9.61 Å². The molecule has 104 valence electrons. The predicted octanol–water partition coefficient (Wildman–Crippen LogP) is 1.31. The van der Waals surface area contributed by atoms with Gasteiger partial charge in [-0.05, 0) is 37.5 Å². The molecule has 6 heteroatoms. The second-order valence-corrected chi connectivity index (χ2v) is 5.96. The van der Waals surface area contributed by atoms with Crippen molar-refractivity contribution in [3.05, 3.63) is 23.5 Å². The second-order valence-electron chi connectivity index (χ2n) is 5.96. The fourth-order valence-electron chi connectivity index (χ4n) is 3.13. The van der Waals surface area contributed by atoms with E-state index in [1.807, 2.05) is 6.07 Å². The van der Waals surface area contributed by atoms with Gasteiger partial charge in [-0.15, -0.1) is 0 Å². The minimum atomic E-state index is -0.515. The molecule has 0 aromatic carbocycles. The SMILES string of the molecule is NC(=O)c1cnn2c(N)cc(C(C3CC3)C3CC3)nc12. The third-order valence-corrected chi connectivity index (χ3v) is 4.39. The lowest BCUT2D eigenvalue weighted by Crippen LogP contribution is -2.14. The molecule has 2 aliphatic carbocycles. The number of primary amides is 1. The standard InChI is InChI=1S/C14H17N5O/c15-11-5-10(12(7-1-2-7)8-3-4-8)18-14-9(13(16)20)6-17-19(11)14/h5-8,12H,1-4,15H2,(H2,16,20). The Bertz CT molecular complexity index is 687. The number of anilines is 1. The summed E-state index contributed by atoms with van der Waals surface area (Å²) in [5.41, 5.74) is 13.3. The van der Waals surface area contributed by atoms with E-state index in [4.69, 9.17) is 11.5 Å². The zero-order valence-electron chi connectivity index (χ0n) is 11.1. The summed E-state index contributed by atoms with van der Waals surface area (Å²) in [5.74, 6) is 1.95. The smallest absolute Gasteiger partial charge is 0.254 e. The maximum absolute atomic E-state index is 11.4. The average molecular weight is 271 g/mol. The maximum Gasteiger partial charge on any atom is 0.254 e. The van der Waals surface area contributed by atoms with Gasteiger partial charge < -0.3 is 11.5 Å². The number of rotatable bonds is 4. The summed E-state index contributed by atoms with van der Waals surface area (Å²) in [5, 5.41) is 4.09. The Hall–Kier alpha value is -2.11. The number of aromatic nitrogens is 3. The van der Waals surface area contributed by atoms with Gasteiger partial charge in [0.25, 0.3) is 5.91 Å². The topological polar surface area (TPSA) is 99.3 Å². The molecule has 20 heavy (non-hydrogen) atoms. The zero-order chi connectivity index (χ0) is 13.9. The number of hydrogen-bond donors (Lipinski definition) is 2. The molecular weight excluding hydrogens is 254 g/mol. The summed E-state index contributed by atoms with van der Waals surface area (Å²) >= 11 is 0. The van der Waals surface area contributed by atoms with E-state index in [1.54, 1.807) is 0 Å². The van der Waals surface area contributed by atoms with Crippen LogP contribution in [0.5, 0.6) is 0 Å². The molecule has 2 heterocycles. The maximum atomic E-state index is 11.4. The van der Waals surface area contributed by atoms with E-state index in [0.717, 1.165) is 17.5 Å². The average Bonchev–Trinajstić information content (AvgIpc) is 3.30. The van der Waals surface area contributed by atoms with E-state index >= 15 is 0 Å². The van der Waals surface area contributed by atoms with Gasteiger partial charge in [0.15, 0.2) is 5.65 Å². The first-order valence-corrected chi connectivity index (χ1v) is 7.09. The molecular formula is C14H17N5O. The van der Waals surface area contributed by atoms with Crippen molar-refractivity contribution in [2.45, 2.75) is 31.6 Å². The number of fused-ring (bicyclic) bond motifs is 1. The lowest BCUT2D eigenvalue weighted by Gasteiger charge is -2.16. The number of nitrogen functional groups attached to an aromatic ring is 1. The van der Waals surface area contributed by atoms with E-state index in [0.29, 0.717) is 22.9 Å². The Kier molecular flexibility index (Phi) is 2.31. The summed E-state index contributed by atoms with van der Waals surface area (Å²) in [4.78, 5) is 16.1. The molecule has 4 rings (SSSR count). The van der Waals surface area contributed by atoms with Crippen molar-refractivity contribution in [2.75, 3.05) is 5.73 Å². The van der Waals surface area contributed by atoms with Gasteiger partial charge >= 0.3 is 0 Å². The first kappa shape index (κ1) is 11.7. The fraction of sp³-hybridized carbons (Fsp3) is 0.500. The lowest BCUT2D eigenvalue weighted by atomic mass is 9.94. The second kappa shape index (κ2) is 3.94. The summed E-state index contributed by atoms with van der Waals surface area (Å²) in [6.07, 6.45) is 6.53. The minimum Gasteiger partial charge on any atom is -0.384 e. The highest BCUT2D eigenvalue weighted by molar-refractivity contribution is 5.98. The third kappa shape index (κ3) is 1.75. The van der Waals surface area contributed by atoms with E-state index in [9.17, 15) is 4.79 Å². The fourth-order valence-corrected chi connectivity index (χ4v) is 3.13. The Balaban J connectivity index is 1.86. The van der Waals surface area contributed by atoms with Gasteiger partial charge in [-0.3, -0.25) is 4.79 Å². The van der Waals surface area contributed by atoms with Crippen LogP contribution in [0.2, 0.25) is 0 Å². The Labute approximate surface area is 116 Å². The molecule has 2 aromatic heterocycles. The van der Waals surface area contributed by atoms with Gasteiger partial charge in [0.2, 0.25) is 0 Å². The van der Waals surface area contributed by atoms with Gasteiger partial charge in [-0.1, -0.05) is 0 Å². The van der Waals surface area contributed by atoms with Crippen molar-refractivity contribution in [1.82, 2.24) is 14.6 Å². The molecule has 0 unspecified atom stereocenters. The van der Waals surface area contributed by atoms with Gasteiger partial charge in [0, 0.05) is 12.0 Å². The van der Waals surface area contributed by atoms with E-state index in [-0.39, 0.29) is 0 Å². The summed E-state index contributed by atoms with van der Waals surface area (Å²) in [6.45, 7) is 0. The lowest BCUT2D eigenvalue weighted by molar-refractivity contribution is 0.100. The zero-order valence-corrected chi connectivity index (χ0v) is 11.1. The molecule has 1 amide bonds. The van der Waals surface area contributed by atoms with Crippen LogP contribution in [0.15, 0.2) is 12.3 Å². The van der Waals surface area contributed by atoms with Gasteiger partial charge in [-0.25, -0.2) is 4.98 Å². The molecule has 0 aliphatic heterocycles. The highest BCUT2D eigenvalue weighted by atomic mass is 16.1. The van der Waals surface area contributed by atoms with Gasteiger partial charge in [0.05, 0.1) is 11.9 Å². The van der Waals surface area contributed by atoms with Crippen LogP contribution >= 0.6 is 0 Å². The molecule has 2 saturated carbocycles. The summed E-state index contributed by atoms with van der Waals surface area (Å²) in [6, 6.07) is 1.91. The van der Waals surface area contributed by atoms with Crippen LogP contribution in [0, 0.1) is 11.8 Å². The number of amides is 1. The van der Waals surface area contributed by atoms with Crippen LogP contribution in [0.3, 0.4) is 0 Å². The number of hydrogen-bond acceptors (Lipinski definition) is 4. The molecule has 2 aromatic rings. The normalized spacial score (nSPS) is 18.9. The predicted molar refractivity (Wildman–Crippen MR) is 74.1 cm³/mol. The largest absolute Gasteiger partial charge is 0.384 e. The molecule has 0 atom stereocenters. The van der Waals surface area contributed by atoms with Crippen molar-refractivity contribution >= 4 is 17.4 Å². The first-order valence-electron chi connectivity index (χ1n) is 7.09. The van der Waals surface area contributed by atoms with Crippen LogP contribution in [-0.4, -0.2) is 20.5 Å². The van der Waals surface area contributed by atoms with Crippen molar-refractivity contribution < 1.29 is 4.79 Å². The van der Waals surface area contributed by atoms with Crippen LogP contribution in [0.1, 0.15) is 47.7 Å². The highest BCUT2D eigenvalue weighted by Crippen LogP contribution is 2.54. The monoisotopic (exact) mass is 271 g/mol. The number of carbonyl (C=O) groups excluding carboxylic acids is 1. The van der Waals surface area contributed by atoms with Crippen LogP contribution in [0.25, 0.3) is 5.65 Å². The van der Waals surface area contributed by atoms with Crippen molar-refractivity contribution in [3.8, 4) is 0 Å². The molecule has 6 nitrogen and oxygen atoms in total. The molecule has 4 N–H and O–H groups in total. The quantitative estimate of drug-likeness (QED) is 0.875. The Morgan fingerprint density at radius 3 is 2.50 bits per heavy atom. The van der Waals surface area contributed by atoms with E-state index in [1.165, 1.54) is 36.4 Å². The van der Waals surface area contributed by atoms with Crippen molar-refractivity contribution in [1.29, 1.82) is 0 Å². The number of carbonyl (C=O) groups is 1. The number of nitrogens with zero attached hydrogens (tertiary/aromatic N) is 3. The minimum absolute atomic E-state index is 0.337. The molecule has 2 aliphatic rings. The van der Waals surface area contributed by atoms with E-state index in [2.05, 4.69) is 10.1 Å². The van der Waals surface area contributed by atoms with Crippen molar-refractivity contribution in [3.63, 3.8) is 0 Å². The molecule has 0 bridgehead atoms. The number of nitrogens with two attached hydrogens (primary N) is 2. The molecule has 0 saturated heterocycles.